The van der Waals surface area contributed by atoms with Crippen molar-refractivity contribution < 1.29 is 8.83 Å². The monoisotopic (exact) mass is 460 g/mol. The fourth-order valence-corrected chi connectivity index (χ4v) is 5.67. The molecule has 0 aliphatic carbocycles. The second-order valence-corrected chi connectivity index (χ2v) is 9.28. The SMILES string of the molecule is c1ccc(-c2c3cc4c(oc5ccccc54)c(-c4ccccc4)c3cc3c2oc2ccccc23)cc1. The number of furan rings is 2. The Hall–Kier alpha value is -4.82. The van der Waals surface area contributed by atoms with Crippen LogP contribution in [0.5, 0.6) is 0 Å². The molecule has 0 N–H and O–H groups in total. The molecule has 8 aromatic rings. The number of fused-ring (bicyclic) bond motifs is 7. The molecule has 0 spiro atoms. The second-order valence-electron chi connectivity index (χ2n) is 9.28. The van der Waals surface area contributed by atoms with E-state index < -0.39 is 0 Å². The standard InChI is InChI=1S/C34H20O2/c1-3-11-21(12-4-1)31-25-19-28-24-16-8-10-18-30(24)36-34(28)32(22-13-5-2-6-14-22)26(25)20-27-23-15-7-9-17-29(23)35-33(27)31/h1-20H. The van der Waals surface area contributed by atoms with Crippen LogP contribution >= 0.6 is 0 Å². The lowest BCUT2D eigenvalue weighted by atomic mass is 9.89. The molecule has 0 atom stereocenters. The van der Waals surface area contributed by atoms with Crippen molar-refractivity contribution in [3.63, 3.8) is 0 Å². The smallest absolute Gasteiger partial charge is 0.143 e. The Morgan fingerprint density at radius 2 is 0.722 bits per heavy atom. The van der Waals surface area contributed by atoms with Crippen LogP contribution in [-0.4, -0.2) is 0 Å². The highest BCUT2D eigenvalue weighted by Gasteiger charge is 2.22. The summed E-state index contributed by atoms with van der Waals surface area (Å²) in [4.78, 5) is 0. The molecule has 2 nitrogen and oxygen atoms in total. The third-order valence-corrected chi connectivity index (χ3v) is 7.25. The quantitative estimate of drug-likeness (QED) is 0.256. The Balaban J connectivity index is 1.68. The first-order valence-electron chi connectivity index (χ1n) is 12.2. The first kappa shape index (κ1) is 19.5. The van der Waals surface area contributed by atoms with Gasteiger partial charge in [0.1, 0.15) is 22.3 Å². The molecule has 0 aliphatic heterocycles. The van der Waals surface area contributed by atoms with Gasteiger partial charge in [0.2, 0.25) is 0 Å². The van der Waals surface area contributed by atoms with Crippen LogP contribution in [0, 0.1) is 0 Å². The summed E-state index contributed by atoms with van der Waals surface area (Å²) >= 11 is 0. The number of hydrogen-bond donors (Lipinski definition) is 0. The zero-order valence-electron chi connectivity index (χ0n) is 19.4. The maximum Gasteiger partial charge on any atom is 0.143 e. The number of hydrogen-bond acceptors (Lipinski definition) is 2. The predicted octanol–water partition coefficient (Wildman–Crippen LogP) is 9.97. The van der Waals surface area contributed by atoms with Crippen LogP contribution in [0.25, 0.3) is 76.9 Å². The molecule has 0 saturated carbocycles. The van der Waals surface area contributed by atoms with Crippen LogP contribution in [0.3, 0.4) is 0 Å². The summed E-state index contributed by atoms with van der Waals surface area (Å²) in [5, 5.41) is 6.79. The van der Waals surface area contributed by atoms with Gasteiger partial charge in [-0.05, 0) is 46.2 Å². The minimum atomic E-state index is 0.899. The Morgan fingerprint density at radius 1 is 0.333 bits per heavy atom. The molecule has 36 heavy (non-hydrogen) atoms. The van der Waals surface area contributed by atoms with E-state index >= 15 is 0 Å². The Labute approximate surface area is 207 Å². The van der Waals surface area contributed by atoms with Crippen molar-refractivity contribution in [3.05, 3.63) is 121 Å². The van der Waals surface area contributed by atoms with E-state index in [0.29, 0.717) is 0 Å². The average molecular weight is 461 g/mol. The van der Waals surface area contributed by atoms with Gasteiger partial charge < -0.3 is 8.83 Å². The van der Waals surface area contributed by atoms with Crippen molar-refractivity contribution in [3.8, 4) is 22.3 Å². The molecule has 0 radical (unpaired) electrons. The fourth-order valence-electron chi connectivity index (χ4n) is 5.67. The van der Waals surface area contributed by atoms with Crippen LogP contribution in [0.1, 0.15) is 0 Å². The third kappa shape index (κ3) is 2.67. The van der Waals surface area contributed by atoms with Crippen LogP contribution in [0.4, 0.5) is 0 Å². The molecule has 2 heteroatoms. The first-order valence-corrected chi connectivity index (χ1v) is 12.2. The molecular formula is C34H20O2. The molecule has 2 aromatic heterocycles. The maximum absolute atomic E-state index is 6.55. The van der Waals surface area contributed by atoms with Gasteiger partial charge in [0.25, 0.3) is 0 Å². The maximum atomic E-state index is 6.55. The highest BCUT2D eigenvalue weighted by molar-refractivity contribution is 6.26. The minimum absolute atomic E-state index is 0.899. The van der Waals surface area contributed by atoms with Gasteiger partial charge in [-0.3, -0.25) is 0 Å². The molecule has 0 unspecified atom stereocenters. The van der Waals surface area contributed by atoms with Crippen molar-refractivity contribution in [2.75, 3.05) is 0 Å². The minimum Gasteiger partial charge on any atom is -0.455 e. The van der Waals surface area contributed by atoms with E-state index in [1.807, 2.05) is 24.3 Å². The van der Waals surface area contributed by atoms with Gasteiger partial charge in [0.05, 0.1) is 0 Å². The van der Waals surface area contributed by atoms with Crippen LogP contribution in [-0.2, 0) is 0 Å². The van der Waals surface area contributed by atoms with Gasteiger partial charge in [-0.2, -0.15) is 0 Å². The lowest BCUT2D eigenvalue weighted by Gasteiger charge is -2.13. The largest absolute Gasteiger partial charge is 0.455 e. The Morgan fingerprint density at radius 3 is 1.17 bits per heavy atom. The molecular weight excluding hydrogens is 440 g/mol. The number of para-hydroxylation sites is 2. The van der Waals surface area contributed by atoms with Crippen molar-refractivity contribution in [2.45, 2.75) is 0 Å². The van der Waals surface area contributed by atoms with Crippen LogP contribution in [0.2, 0.25) is 0 Å². The van der Waals surface area contributed by atoms with E-state index in [1.54, 1.807) is 0 Å². The van der Waals surface area contributed by atoms with Gasteiger partial charge in [0.15, 0.2) is 0 Å². The number of benzene rings is 6. The lowest BCUT2D eigenvalue weighted by molar-refractivity contribution is 0.669. The van der Waals surface area contributed by atoms with Gasteiger partial charge in [-0.25, -0.2) is 0 Å². The van der Waals surface area contributed by atoms with E-state index in [2.05, 4.69) is 97.1 Å². The van der Waals surface area contributed by atoms with E-state index in [1.165, 1.54) is 0 Å². The van der Waals surface area contributed by atoms with Crippen LogP contribution in [0.15, 0.2) is 130 Å². The molecule has 0 saturated heterocycles. The van der Waals surface area contributed by atoms with E-state index in [9.17, 15) is 0 Å². The second kappa shape index (κ2) is 7.34. The molecule has 8 rings (SSSR count). The number of rotatable bonds is 2. The van der Waals surface area contributed by atoms with Gasteiger partial charge in [-0.1, -0.05) is 97.1 Å². The third-order valence-electron chi connectivity index (χ3n) is 7.25. The lowest BCUT2D eigenvalue weighted by Crippen LogP contribution is -1.88. The molecule has 168 valence electrons. The fraction of sp³-hybridized carbons (Fsp3) is 0. The Kier molecular flexibility index (Phi) is 3.97. The van der Waals surface area contributed by atoms with E-state index in [-0.39, 0.29) is 0 Å². The summed E-state index contributed by atoms with van der Waals surface area (Å²) in [5.74, 6) is 0. The molecule has 2 heterocycles. The topological polar surface area (TPSA) is 26.3 Å². The zero-order chi connectivity index (χ0) is 23.6. The van der Waals surface area contributed by atoms with Crippen LogP contribution < -0.4 is 0 Å². The van der Waals surface area contributed by atoms with E-state index in [4.69, 9.17) is 8.83 Å². The van der Waals surface area contributed by atoms with Crippen molar-refractivity contribution >= 4 is 54.6 Å². The van der Waals surface area contributed by atoms with Crippen molar-refractivity contribution in [1.82, 2.24) is 0 Å². The molecule has 0 fully saturated rings. The summed E-state index contributed by atoms with van der Waals surface area (Å²) in [6, 6.07) is 42.3. The summed E-state index contributed by atoms with van der Waals surface area (Å²) < 4.78 is 13.1. The highest BCUT2D eigenvalue weighted by Crippen LogP contribution is 2.47. The molecule has 0 aliphatic rings. The average Bonchev–Trinajstić information content (AvgIpc) is 3.49. The van der Waals surface area contributed by atoms with Crippen molar-refractivity contribution in [2.24, 2.45) is 0 Å². The van der Waals surface area contributed by atoms with E-state index in [0.717, 1.165) is 76.9 Å². The summed E-state index contributed by atoms with van der Waals surface area (Å²) in [6.07, 6.45) is 0. The molecule has 0 bridgehead atoms. The van der Waals surface area contributed by atoms with Crippen molar-refractivity contribution in [1.29, 1.82) is 0 Å². The summed E-state index contributed by atoms with van der Waals surface area (Å²) in [6.45, 7) is 0. The van der Waals surface area contributed by atoms with Gasteiger partial charge >= 0.3 is 0 Å². The predicted molar refractivity (Wildman–Crippen MR) is 149 cm³/mol. The summed E-state index contributed by atoms with van der Waals surface area (Å²) in [7, 11) is 0. The molecule has 0 amide bonds. The normalized spacial score (nSPS) is 11.9. The Bertz CT molecular complexity index is 1920. The van der Waals surface area contributed by atoms with Gasteiger partial charge in [0, 0.05) is 32.7 Å². The highest BCUT2D eigenvalue weighted by atomic mass is 16.3. The zero-order valence-corrected chi connectivity index (χ0v) is 19.4. The van der Waals surface area contributed by atoms with Gasteiger partial charge in [-0.15, -0.1) is 0 Å². The molecule has 6 aromatic carbocycles. The first-order chi connectivity index (χ1) is 17.9. The summed E-state index contributed by atoms with van der Waals surface area (Å²) in [5.41, 5.74) is 8.14.